The van der Waals surface area contributed by atoms with Gasteiger partial charge in [-0.2, -0.15) is 0 Å². The van der Waals surface area contributed by atoms with E-state index in [2.05, 4.69) is 37.3 Å². The molecule has 1 unspecified atom stereocenters. The second-order valence-electron chi connectivity index (χ2n) is 6.18. The molecule has 0 fully saturated rings. The van der Waals surface area contributed by atoms with E-state index in [4.69, 9.17) is 0 Å². The summed E-state index contributed by atoms with van der Waals surface area (Å²) in [6, 6.07) is 4.08. The molecule has 27 heavy (non-hydrogen) atoms. The molecule has 1 atom stereocenters. The van der Waals surface area contributed by atoms with Gasteiger partial charge in [0.2, 0.25) is 5.91 Å². The van der Waals surface area contributed by atoms with Gasteiger partial charge in [-0.05, 0) is 60.8 Å². The molecule has 144 valence electrons. The van der Waals surface area contributed by atoms with Gasteiger partial charge in [-0.15, -0.1) is 34.4 Å². The highest BCUT2D eigenvalue weighted by atomic mass is 79.9. The van der Waals surface area contributed by atoms with Crippen LogP contribution in [0.5, 0.6) is 0 Å². The van der Waals surface area contributed by atoms with Crippen molar-refractivity contribution in [2.45, 2.75) is 38.2 Å². The summed E-state index contributed by atoms with van der Waals surface area (Å²) in [5.74, 6) is 1.11. The van der Waals surface area contributed by atoms with Crippen molar-refractivity contribution in [2.75, 3.05) is 6.54 Å². The third-order valence-corrected chi connectivity index (χ3v) is 8.17. The molecule has 0 saturated heterocycles. The van der Waals surface area contributed by atoms with Crippen LogP contribution in [-0.2, 0) is 17.0 Å². The number of hydrogen-bond acceptors (Lipinski definition) is 6. The minimum Gasteiger partial charge on any atom is -0.355 e. The summed E-state index contributed by atoms with van der Waals surface area (Å²) in [4.78, 5) is 35.1. The summed E-state index contributed by atoms with van der Waals surface area (Å²) in [5, 5.41) is 3.43. The Kier molecular flexibility index (Phi) is 6.78. The van der Waals surface area contributed by atoms with E-state index in [0.29, 0.717) is 23.5 Å². The lowest BCUT2D eigenvalue weighted by atomic mass is 10.2. The molecule has 3 rings (SSSR count). The SMILES string of the molecule is Cc1sc2nc(CSC(C)C(=O)NCCc3ccc(Br)s3)[nH]c(=O)c2c1C. The second-order valence-corrected chi connectivity index (χ2v) is 11.3. The number of amides is 1. The van der Waals surface area contributed by atoms with Crippen LogP contribution in [0.1, 0.15) is 28.1 Å². The molecule has 0 aliphatic rings. The third-order valence-electron chi connectivity index (χ3n) is 4.23. The van der Waals surface area contributed by atoms with E-state index in [-0.39, 0.29) is 16.7 Å². The minimum atomic E-state index is -0.215. The average Bonchev–Trinajstić information content (AvgIpc) is 3.16. The number of aromatic amines is 1. The molecule has 1 amide bonds. The summed E-state index contributed by atoms with van der Waals surface area (Å²) < 4.78 is 1.10. The van der Waals surface area contributed by atoms with Crippen molar-refractivity contribution in [1.29, 1.82) is 0 Å². The molecule has 0 radical (unpaired) electrons. The largest absolute Gasteiger partial charge is 0.355 e. The van der Waals surface area contributed by atoms with Crippen LogP contribution < -0.4 is 10.9 Å². The highest BCUT2D eigenvalue weighted by Gasteiger charge is 2.16. The Bertz CT molecular complexity index is 1020. The Morgan fingerprint density at radius 2 is 2.15 bits per heavy atom. The molecule has 3 aromatic rings. The van der Waals surface area contributed by atoms with Crippen molar-refractivity contribution >= 4 is 66.5 Å². The number of rotatable bonds is 7. The van der Waals surface area contributed by atoms with E-state index >= 15 is 0 Å². The number of thiophene rings is 2. The fourth-order valence-electron chi connectivity index (χ4n) is 2.59. The number of hydrogen-bond donors (Lipinski definition) is 2. The summed E-state index contributed by atoms with van der Waals surface area (Å²) >= 11 is 8.13. The lowest BCUT2D eigenvalue weighted by Gasteiger charge is -2.11. The molecular weight excluding hydrogens is 466 g/mol. The van der Waals surface area contributed by atoms with Crippen LogP contribution in [0.4, 0.5) is 0 Å². The van der Waals surface area contributed by atoms with E-state index < -0.39 is 0 Å². The number of aryl methyl sites for hydroxylation is 2. The topological polar surface area (TPSA) is 74.8 Å². The minimum absolute atomic E-state index is 0.00172. The number of fused-ring (bicyclic) bond motifs is 1. The lowest BCUT2D eigenvalue weighted by Crippen LogP contribution is -2.32. The predicted molar refractivity (Wildman–Crippen MR) is 119 cm³/mol. The Hall–Kier alpha value is -1.16. The molecule has 0 spiro atoms. The van der Waals surface area contributed by atoms with E-state index in [1.54, 1.807) is 11.3 Å². The van der Waals surface area contributed by atoms with Gasteiger partial charge >= 0.3 is 0 Å². The zero-order valence-corrected chi connectivity index (χ0v) is 19.3. The molecule has 3 aromatic heterocycles. The van der Waals surface area contributed by atoms with Gasteiger partial charge in [0, 0.05) is 16.3 Å². The molecule has 0 bridgehead atoms. The molecular formula is C18H20BrN3O2S3. The number of H-pyrrole nitrogens is 1. The van der Waals surface area contributed by atoms with Gasteiger partial charge in [0.25, 0.3) is 5.56 Å². The zero-order chi connectivity index (χ0) is 19.6. The predicted octanol–water partition coefficient (Wildman–Crippen LogP) is 4.41. The first-order valence-corrected chi connectivity index (χ1v) is 11.9. The number of thioether (sulfide) groups is 1. The van der Waals surface area contributed by atoms with Crippen LogP contribution in [-0.4, -0.2) is 27.7 Å². The molecule has 9 heteroatoms. The monoisotopic (exact) mass is 485 g/mol. The molecule has 3 heterocycles. The highest BCUT2D eigenvalue weighted by Crippen LogP contribution is 2.26. The second kappa shape index (κ2) is 8.89. The van der Waals surface area contributed by atoms with Gasteiger partial charge in [0.05, 0.1) is 20.2 Å². The van der Waals surface area contributed by atoms with Crippen LogP contribution >= 0.6 is 50.4 Å². The van der Waals surface area contributed by atoms with Crippen LogP contribution in [0.2, 0.25) is 0 Å². The number of halogens is 1. The van der Waals surface area contributed by atoms with Crippen molar-refractivity contribution in [3.8, 4) is 0 Å². The van der Waals surface area contributed by atoms with E-state index in [1.165, 1.54) is 28.0 Å². The third kappa shape index (κ3) is 5.01. The smallest absolute Gasteiger partial charge is 0.259 e. The first-order chi connectivity index (χ1) is 12.8. The van der Waals surface area contributed by atoms with Gasteiger partial charge < -0.3 is 10.3 Å². The van der Waals surface area contributed by atoms with Gasteiger partial charge in [-0.1, -0.05) is 0 Å². The molecule has 5 nitrogen and oxygen atoms in total. The van der Waals surface area contributed by atoms with Crippen molar-refractivity contribution in [3.05, 3.63) is 47.4 Å². The van der Waals surface area contributed by atoms with E-state index in [0.717, 1.165) is 25.5 Å². The summed E-state index contributed by atoms with van der Waals surface area (Å²) in [6.45, 7) is 6.43. The van der Waals surface area contributed by atoms with Crippen LogP contribution in [0.3, 0.4) is 0 Å². The quantitative estimate of drug-likeness (QED) is 0.519. The summed E-state index contributed by atoms with van der Waals surface area (Å²) in [7, 11) is 0. The van der Waals surface area contributed by atoms with Crippen LogP contribution in [0, 0.1) is 13.8 Å². The number of carbonyl (C=O) groups excluding carboxylic acids is 1. The van der Waals surface area contributed by atoms with Crippen molar-refractivity contribution < 1.29 is 4.79 Å². The number of nitrogens with zero attached hydrogens (tertiary/aromatic N) is 1. The van der Waals surface area contributed by atoms with E-state index in [9.17, 15) is 9.59 Å². The number of carbonyl (C=O) groups is 1. The van der Waals surface area contributed by atoms with Crippen molar-refractivity contribution in [3.63, 3.8) is 0 Å². The first-order valence-electron chi connectivity index (χ1n) is 8.47. The number of nitrogens with one attached hydrogen (secondary N) is 2. The Morgan fingerprint density at radius 3 is 2.85 bits per heavy atom. The van der Waals surface area contributed by atoms with Crippen molar-refractivity contribution in [2.24, 2.45) is 0 Å². The molecule has 0 aliphatic heterocycles. The fraction of sp³-hybridized carbons (Fsp3) is 0.389. The highest BCUT2D eigenvalue weighted by molar-refractivity contribution is 9.11. The fourth-order valence-corrected chi connectivity index (χ4v) is 5.90. The van der Waals surface area contributed by atoms with Gasteiger partial charge in [-0.3, -0.25) is 9.59 Å². The Balaban J connectivity index is 1.53. The zero-order valence-electron chi connectivity index (χ0n) is 15.2. The normalized spacial score (nSPS) is 12.4. The maximum absolute atomic E-state index is 12.3. The maximum atomic E-state index is 12.3. The van der Waals surface area contributed by atoms with Gasteiger partial charge in [0.1, 0.15) is 10.7 Å². The molecule has 0 saturated carbocycles. The van der Waals surface area contributed by atoms with Crippen molar-refractivity contribution in [1.82, 2.24) is 15.3 Å². The molecule has 2 N–H and O–H groups in total. The first kappa shape index (κ1) is 20.6. The Labute approximate surface area is 178 Å². The summed E-state index contributed by atoms with van der Waals surface area (Å²) in [6.07, 6.45) is 0.821. The molecule has 0 aliphatic carbocycles. The van der Waals surface area contributed by atoms with Gasteiger partial charge in [0.15, 0.2) is 0 Å². The van der Waals surface area contributed by atoms with Crippen LogP contribution in [0.25, 0.3) is 10.2 Å². The lowest BCUT2D eigenvalue weighted by molar-refractivity contribution is -0.120. The standard InChI is InChI=1S/C18H20BrN3O2S3/c1-9-10(2)26-18-15(9)17(24)21-14(22-18)8-25-11(3)16(23)20-7-6-12-4-5-13(19)27-12/h4-5,11H,6-8H2,1-3H3,(H,20,23)(H,21,22,24). The maximum Gasteiger partial charge on any atom is 0.259 e. The van der Waals surface area contributed by atoms with Gasteiger partial charge in [-0.25, -0.2) is 4.98 Å². The average molecular weight is 486 g/mol. The number of aromatic nitrogens is 2. The molecule has 0 aromatic carbocycles. The summed E-state index contributed by atoms with van der Waals surface area (Å²) in [5.41, 5.74) is 0.894. The Morgan fingerprint density at radius 1 is 1.37 bits per heavy atom. The van der Waals surface area contributed by atoms with Crippen LogP contribution in [0.15, 0.2) is 20.7 Å². The van der Waals surface area contributed by atoms with E-state index in [1.807, 2.05) is 26.8 Å².